The van der Waals surface area contributed by atoms with Gasteiger partial charge in [0, 0.05) is 74.6 Å². The van der Waals surface area contributed by atoms with Gasteiger partial charge in [0.15, 0.2) is 0 Å². The third kappa shape index (κ3) is 15.8. The van der Waals surface area contributed by atoms with Crippen LogP contribution in [0.4, 0.5) is 30.2 Å². The van der Waals surface area contributed by atoms with Crippen molar-refractivity contribution in [1.82, 2.24) is 25.4 Å². The molecule has 0 saturated carbocycles. The van der Waals surface area contributed by atoms with Gasteiger partial charge in [-0.05, 0) is 123 Å². The van der Waals surface area contributed by atoms with E-state index in [9.17, 15) is 27.6 Å². The number of carbonyl (C=O) groups excluding carboxylic acids is 3. The summed E-state index contributed by atoms with van der Waals surface area (Å²) in [5.41, 5.74) is 6.68. The number of likely N-dealkylation sites (N-methyl/N-ethyl adjacent to an activating group) is 1. The predicted molar refractivity (Wildman–Crippen MR) is 282 cm³/mol. The van der Waals surface area contributed by atoms with Crippen molar-refractivity contribution in [3.63, 3.8) is 0 Å². The number of likely N-dealkylation sites (tertiary alicyclic amines) is 1. The molecule has 73 heavy (non-hydrogen) atoms. The number of anilines is 3. The zero-order valence-corrected chi connectivity index (χ0v) is 42.9. The lowest BCUT2D eigenvalue weighted by Gasteiger charge is -2.35. The molecule has 1 fully saturated rings. The van der Waals surface area contributed by atoms with Crippen LogP contribution >= 0.6 is 0 Å². The SMILES string of the molecule is CO.COc1cc(C(=O)NCCCCCC(=O)NCc2ccc(COc3ccc4c(c3)N(C)C(C(C)C)C(=O)NCC4)cc2)ccc1NCC#Cc1cc2c(NC3CCN(C)CC3)cccc2n1CC(F)(F)F. The topological polar surface area (TPSA) is 161 Å². The van der Waals surface area contributed by atoms with Crippen LogP contribution in [0.2, 0.25) is 0 Å². The molecule has 7 rings (SSSR count). The Bertz CT molecular complexity index is 2690. The minimum absolute atomic E-state index is 0.0382. The van der Waals surface area contributed by atoms with E-state index >= 15 is 0 Å². The van der Waals surface area contributed by atoms with E-state index < -0.39 is 12.7 Å². The molecule has 2 aliphatic rings. The second-order valence-corrected chi connectivity index (χ2v) is 18.8. The fraction of sp³-hybridized carbons (Fsp3) is 0.446. The highest BCUT2D eigenvalue weighted by Crippen LogP contribution is 2.33. The number of aliphatic hydroxyl groups excluding tert-OH is 1. The smallest absolute Gasteiger partial charge is 0.406 e. The summed E-state index contributed by atoms with van der Waals surface area (Å²) in [6, 6.07) is 26.1. The Balaban J connectivity index is 0.00000429. The molecule has 0 aliphatic carbocycles. The fourth-order valence-electron chi connectivity index (χ4n) is 9.26. The molecule has 17 heteroatoms. The van der Waals surface area contributed by atoms with Gasteiger partial charge in [-0.2, -0.15) is 13.2 Å². The summed E-state index contributed by atoms with van der Waals surface area (Å²) in [4.78, 5) is 42.7. The number of aliphatic hydroxyl groups is 1. The van der Waals surface area contributed by atoms with E-state index in [1.807, 2.05) is 49.5 Å². The highest BCUT2D eigenvalue weighted by molar-refractivity contribution is 5.95. The highest BCUT2D eigenvalue weighted by atomic mass is 19.4. The van der Waals surface area contributed by atoms with Crippen molar-refractivity contribution >= 4 is 45.7 Å². The molecule has 1 aromatic heterocycles. The van der Waals surface area contributed by atoms with Crippen molar-refractivity contribution in [3.8, 4) is 23.3 Å². The number of ether oxygens (including phenoxy) is 2. The maximum absolute atomic E-state index is 13.8. The third-order valence-corrected chi connectivity index (χ3v) is 13.1. The number of piperidine rings is 1. The van der Waals surface area contributed by atoms with Crippen LogP contribution in [0.5, 0.6) is 11.5 Å². The zero-order chi connectivity index (χ0) is 52.5. The molecular formula is C56H71F3N8O6. The van der Waals surface area contributed by atoms with Crippen molar-refractivity contribution < 1.29 is 42.1 Å². The van der Waals surface area contributed by atoms with Gasteiger partial charge < -0.3 is 55.5 Å². The standard InChI is InChI=1S/C55H67F3N8O5.CH4O/c1-37(2)52-54(69)61-28-23-40-19-21-44(33-49(40)65(52)4)71-35-39-17-15-38(16-18-39)34-62-51(67)14-7-6-8-26-60-53(68)41-20-22-47(50(31-41)70-5)59-27-10-11-43-32-45-46(63-42-24-29-64(3)30-25-42)12-9-13-48(45)66(43)36-55(56,57)58;1-2/h9,12-13,15-22,31-33,37,42,52,59,63H,6-8,14,23-30,34-36H2,1-5H3,(H,60,68)(H,61,69)(H,62,67);2H,1H3. The monoisotopic (exact) mass is 1010 g/mol. The first kappa shape index (κ1) is 55.4. The van der Waals surface area contributed by atoms with Crippen molar-refractivity contribution in [2.45, 2.75) is 96.7 Å². The highest BCUT2D eigenvalue weighted by Gasteiger charge is 2.31. The molecule has 2 aliphatic heterocycles. The maximum atomic E-state index is 13.8. The van der Waals surface area contributed by atoms with E-state index in [4.69, 9.17) is 14.6 Å². The van der Waals surface area contributed by atoms with Crippen molar-refractivity contribution in [1.29, 1.82) is 0 Å². The number of rotatable bonds is 19. The van der Waals surface area contributed by atoms with Gasteiger partial charge in [0.05, 0.1) is 30.6 Å². The molecule has 6 N–H and O–H groups in total. The lowest BCUT2D eigenvalue weighted by molar-refractivity contribution is -0.140. The average Bonchev–Trinajstić information content (AvgIpc) is 3.72. The largest absolute Gasteiger partial charge is 0.495 e. The van der Waals surface area contributed by atoms with Gasteiger partial charge in [0.2, 0.25) is 11.8 Å². The van der Waals surface area contributed by atoms with Crippen LogP contribution < -0.4 is 41.0 Å². The molecule has 3 heterocycles. The summed E-state index contributed by atoms with van der Waals surface area (Å²) < 4.78 is 54.3. The van der Waals surface area contributed by atoms with E-state index in [0.29, 0.717) is 73.4 Å². The number of hydrogen-bond acceptors (Lipinski definition) is 10. The third-order valence-electron chi connectivity index (χ3n) is 13.1. The van der Waals surface area contributed by atoms with Gasteiger partial charge in [0.25, 0.3) is 5.91 Å². The van der Waals surface area contributed by atoms with Crippen LogP contribution in [0, 0.1) is 17.8 Å². The van der Waals surface area contributed by atoms with Crippen molar-refractivity contribution in [2.24, 2.45) is 5.92 Å². The van der Waals surface area contributed by atoms with Crippen LogP contribution in [0.25, 0.3) is 10.9 Å². The second kappa shape index (κ2) is 26.7. The zero-order valence-electron chi connectivity index (χ0n) is 42.9. The molecular weight excluding hydrogens is 938 g/mol. The summed E-state index contributed by atoms with van der Waals surface area (Å²) >= 11 is 0. The van der Waals surface area contributed by atoms with E-state index in [0.717, 1.165) is 74.1 Å². The lowest BCUT2D eigenvalue weighted by atomic mass is 9.97. The number of hydrogen-bond donors (Lipinski definition) is 6. The molecule has 1 saturated heterocycles. The quantitative estimate of drug-likeness (QED) is 0.0352. The molecule has 1 atom stereocenters. The van der Waals surface area contributed by atoms with Crippen molar-refractivity contribution in [2.75, 3.05) is 76.6 Å². The number of methoxy groups -OCH3 is 1. The second-order valence-electron chi connectivity index (χ2n) is 18.8. The first-order chi connectivity index (χ1) is 35.1. The van der Waals surface area contributed by atoms with Crippen molar-refractivity contribution in [3.05, 3.63) is 113 Å². The average molecular weight is 1010 g/mol. The molecule has 392 valence electrons. The predicted octanol–water partition coefficient (Wildman–Crippen LogP) is 8.11. The molecule has 3 amide bonds. The number of nitrogens with zero attached hydrogens (tertiary/aromatic N) is 3. The Hall–Kier alpha value is -6.90. The van der Waals surface area contributed by atoms with E-state index in [2.05, 4.69) is 75.2 Å². The minimum Gasteiger partial charge on any atom is -0.495 e. The number of carbonyl (C=O) groups is 3. The number of unbranched alkanes of at least 4 members (excludes halogenated alkanes) is 2. The Kier molecular flexibility index (Phi) is 20.3. The molecule has 5 aromatic rings. The molecule has 0 spiro atoms. The van der Waals surface area contributed by atoms with Gasteiger partial charge in [-0.15, -0.1) is 0 Å². The van der Waals surface area contributed by atoms with Gasteiger partial charge in [0.1, 0.15) is 30.7 Å². The summed E-state index contributed by atoms with van der Waals surface area (Å²) in [5.74, 6) is 6.97. The Morgan fingerprint density at radius 3 is 2.38 bits per heavy atom. The summed E-state index contributed by atoms with van der Waals surface area (Å²) in [6.07, 6.45) is 0.746. The number of aromatic nitrogens is 1. The number of fused-ring (bicyclic) bond motifs is 2. The van der Waals surface area contributed by atoms with Crippen LogP contribution in [0.15, 0.2) is 84.9 Å². The number of nitrogens with one attached hydrogen (secondary N) is 5. The molecule has 0 bridgehead atoms. The number of benzene rings is 4. The number of amides is 3. The Morgan fingerprint density at radius 1 is 0.904 bits per heavy atom. The normalized spacial score (nSPS) is 15.1. The maximum Gasteiger partial charge on any atom is 0.406 e. The summed E-state index contributed by atoms with van der Waals surface area (Å²) in [6.45, 7) is 6.83. The number of alkyl halides is 3. The van der Waals surface area contributed by atoms with E-state index in [-0.39, 0.29) is 48.0 Å². The fourth-order valence-corrected chi connectivity index (χ4v) is 9.26. The first-order valence-electron chi connectivity index (χ1n) is 25.0. The minimum atomic E-state index is -4.43. The molecule has 1 unspecified atom stereocenters. The van der Waals surface area contributed by atoms with Gasteiger partial charge in [-0.3, -0.25) is 14.4 Å². The van der Waals surface area contributed by atoms with Crippen LogP contribution in [-0.2, 0) is 35.7 Å². The van der Waals surface area contributed by atoms with Crippen LogP contribution in [0.3, 0.4) is 0 Å². The lowest BCUT2D eigenvalue weighted by Crippen LogP contribution is -2.50. The van der Waals surface area contributed by atoms with Gasteiger partial charge >= 0.3 is 6.18 Å². The van der Waals surface area contributed by atoms with Gasteiger partial charge in [-0.25, -0.2) is 0 Å². The molecule has 14 nitrogen and oxygen atoms in total. The molecule has 4 aromatic carbocycles. The first-order valence-corrected chi connectivity index (χ1v) is 25.0. The van der Waals surface area contributed by atoms with Gasteiger partial charge in [-0.1, -0.05) is 62.6 Å². The number of halogens is 3. The Labute approximate surface area is 427 Å². The van der Waals surface area contributed by atoms with E-state index in [1.165, 1.54) is 17.2 Å². The van der Waals surface area contributed by atoms with Crippen LogP contribution in [-0.4, -0.2) is 112 Å². The Morgan fingerprint density at radius 2 is 1.66 bits per heavy atom. The summed E-state index contributed by atoms with van der Waals surface area (Å²) in [7, 11) is 6.54. The van der Waals surface area contributed by atoms with Crippen LogP contribution in [0.1, 0.15) is 85.1 Å². The van der Waals surface area contributed by atoms with E-state index in [1.54, 1.807) is 36.4 Å². The molecule has 0 radical (unpaired) electrons. The summed E-state index contributed by atoms with van der Waals surface area (Å²) in [5, 5.41) is 23.4.